The largest absolute Gasteiger partial charge is 0.386 e. The molecule has 2 heterocycles. The van der Waals surface area contributed by atoms with Crippen LogP contribution < -0.4 is 5.73 Å². The Balaban J connectivity index is 2.27. The normalized spacial score (nSPS) is 21.4. The molecule has 0 amide bonds. The third-order valence-electron chi connectivity index (χ3n) is 3.79. The first kappa shape index (κ1) is 12.5. The first-order valence-electron chi connectivity index (χ1n) is 6.05. The standard InChI is InChI=1S/C12H21N3O2/c1-9-7-10(15(2)14-9)11(16)12(8-13)3-5-17-6-4-12/h7,11,16H,3-6,8,13H2,1-2H3. The molecule has 1 atom stereocenters. The molecule has 5 heteroatoms. The number of ether oxygens (including phenoxy) is 1. The van der Waals surface area contributed by atoms with Crippen molar-refractivity contribution in [2.45, 2.75) is 25.9 Å². The molecule has 1 aliphatic rings. The van der Waals surface area contributed by atoms with Crippen LogP contribution in [0.2, 0.25) is 0 Å². The van der Waals surface area contributed by atoms with Gasteiger partial charge in [0.25, 0.3) is 0 Å². The van der Waals surface area contributed by atoms with E-state index in [2.05, 4.69) is 5.10 Å². The Labute approximate surface area is 102 Å². The molecule has 0 spiro atoms. The van der Waals surface area contributed by atoms with Crippen LogP contribution in [0.25, 0.3) is 0 Å². The Morgan fingerprint density at radius 3 is 2.71 bits per heavy atom. The van der Waals surface area contributed by atoms with Gasteiger partial charge in [0.2, 0.25) is 0 Å². The predicted molar refractivity (Wildman–Crippen MR) is 64.4 cm³/mol. The van der Waals surface area contributed by atoms with E-state index in [-0.39, 0.29) is 5.41 Å². The molecule has 1 aliphatic heterocycles. The fraction of sp³-hybridized carbons (Fsp3) is 0.750. The van der Waals surface area contributed by atoms with Gasteiger partial charge in [-0.05, 0) is 25.8 Å². The molecule has 1 fully saturated rings. The highest BCUT2D eigenvalue weighted by Gasteiger charge is 2.40. The first-order valence-corrected chi connectivity index (χ1v) is 6.05. The quantitative estimate of drug-likeness (QED) is 0.806. The number of aliphatic hydroxyl groups excluding tert-OH is 1. The van der Waals surface area contributed by atoms with Gasteiger partial charge in [-0.15, -0.1) is 0 Å². The lowest BCUT2D eigenvalue weighted by molar-refractivity contribution is -0.0610. The average molecular weight is 239 g/mol. The smallest absolute Gasteiger partial charge is 0.103 e. The van der Waals surface area contributed by atoms with Gasteiger partial charge >= 0.3 is 0 Å². The molecule has 0 radical (unpaired) electrons. The summed E-state index contributed by atoms with van der Waals surface area (Å²) in [6, 6.07) is 1.93. The highest BCUT2D eigenvalue weighted by Crippen LogP contribution is 2.41. The summed E-state index contributed by atoms with van der Waals surface area (Å²) in [4.78, 5) is 0. The van der Waals surface area contributed by atoms with Gasteiger partial charge in [0, 0.05) is 32.2 Å². The fourth-order valence-corrected chi connectivity index (χ4v) is 2.57. The highest BCUT2D eigenvalue weighted by atomic mass is 16.5. The number of hydrogen-bond donors (Lipinski definition) is 2. The van der Waals surface area contributed by atoms with Gasteiger partial charge in [-0.2, -0.15) is 5.10 Å². The first-order chi connectivity index (χ1) is 8.09. The lowest BCUT2D eigenvalue weighted by Gasteiger charge is -2.39. The van der Waals surface area contributed by atoms with Crippen LogP contribution in [0.5, 0.6) is 0 Å². The van der Waals surface area contributed by atoms with Crippen LogP contribution >= 0.6 is 0 Å². The summed E-state index contributed by atoms with van der Waals surface area (Å²) >= 11 is 0. The lowest BCUT2D eigenvalue weighted by atomic mass is 9.74. The Bertz CT molecular complexity index is 383. The van der Waals surface area contributed by atoms with E-state index in [0.717, 1.165) is 24.2 Å². The number of hydrogen-bond acceptors (Lipinski definition) is 4. The van der Waals surface area contributed by atoms with E-state index in [1.807, 2.05) is 20.0 Å². The van der Waals surface area contributed by atoms with Crippen LogP contribution in [0.1, 0.15) is 30.3 Å². The van der Waals surface area contributed by atoms with Crippen LogP contribution in [0.3, 0.4) is 0 Å². The van der Waals surface area contributed by atoms with Crippen LogP contribution in [0, 0.1) is 12.3 Å². The molecular weight excluding hydrogens is 218 g/mol. The SMILES string of the molecule is Cc1cc(C(O)C2(CN)CCOCC2)n(C)n1. The summed E-state index contributed by atoms with van der Waals surface area (Å²) in [5.41, 5.74) is 7.38. The van der Waals surface area contributed by atoms with Crippen molar-refractivity contribution >= 4 is 0 Å². The number of aliphatic hydroxyl groups is 1. The number of aromatic nitrogens is 2. The van der Waals surface area contributed by atoms with Crippen molar-refractivity contribution in [3.05, 3.63) is 17.5 Å². The highest BCUT2D eigenvalue weighted by molar-refractivity contribution is 5.15. The number of rotatable bonds is 3. The molecule has 0 bridgehead atoms. The predicted octanol–water partition coefficient (Wildman–Crippen LogP) is 0.517. The number of aryl methyl sites for hydroxylation is 2. The summed E-state index contributed by atoms with van der Waals surface area (Å²) in [6.45, 7) is 3.74. The summed E-state index contributed by atoms with van der Waals surface area (Å²) in [5, 5.41) is 14.9. The van der Waals surface area contributed by atoms with E-state index in [9.17, 15) is 5.11 Å². The van der Waals surface area contributed by atoms with E-state index in [1.54, 1.807) is 4.68 Å². The molecule has 0 saturated carbocycles. The second-order valence-corrected chi connectivity index (χ2v) is 4.92. The van der Waals surface area contributed by atoms with Crippen molar-refractivity contribution in [2.24, 2.45) is 18.2 Å². The zero-order valence-electron chi connectivity index (χ0n) is 10.5. The molecule has 1 aromatic rings. The monoisotopic (exact) mass is 239 g/mol. The Kier molecular flexibility index (Phi) is 3.51. The molecule has 96 valence electrons. The van der Waals surface area contributed by atoms with E-state index >= 15 is 0 Å². The average Bonchev–Trinajstić information content (AvgIpc) is 2.68. The molecule has 1 saturated heterocycles. The lowest BCUT2D eigenvalue weighted by Crippen LogP contribution is -2.42. The summed E-state index contributed by atoms with van der Waals surface area (Å²) in [7, 11) is 1.86. The van der Waals surface area contributed by atoms with E-state index in [0.29, 0.717) is 19.8 Å². The topological polar surface area (TPSA) is 73.3 Å². The minimum absolute atomic E-state index is 0.265. The van der Waals surface area contributed by atoms with Crippen molar-refractivity contribution < 1.29 is 9.84 Å². The second-order valence-electron chi connectivity index (χ2n) is 4.92. The van der Waals surface area contributed by atoms with Crippen molar-refractivity contribution in [3.63, 3.8) is 0 Å². The van der Waals surface area contributed by atoms with Gasteiger partial charge in [-0.25, -0.2) is 0 Å². The van der Waals surface area contributed by atoms with Crippen LogP contribution in [-0.4, -0.2) is 34.6 Å². The van der Waals surface area contributed by atoms with Crippen molar-refractivity contribution in [3.8, 4) is 0 Å². The molecule has 1 aromatic heterocycles. The van der Waals surface area contributed by atoms with Gasteiger partial charge < -0.3 is 15.6 Å². The van der Waals surface area contributed by atoms with Crippen LogP contribution in [0.15, 0.2) is 6.07 Å². The molecule has 17 heavy (non-hydrogen) atoms. The Hall–Kier alpha value is -0.910. The molecule has 0 aromatic carbocycles. The molecular formula is C12H21N3O2. The summed E-state index contributed by atoms with van der Waals surface area (Å²) in [6.07, 6.45) is 1.03. The number of nitrogens with two attached hydrogens (primary N) is 1. The zero-order valence-corrected chi connectivity index (χ0v) is 10.5. The molecule has 5 nitrogen and oxygen atoms in total. The van der Waals surface area contributed by atoms with Gasteiger partial charge in [-0.1, -0.05) is 0 Å². The van der Waals surface area contributed by atoms with Crippen LogP contribution in [0.4, 0.5) is 0 Å². The molecule has 1 unspecified atom stereocenters. The summed E-state index contributed by atoms with van der Waals surface area (Å²) < 4.78 is 7.10. The molecule has 2 rings (SSSR count). The molecule has 3 N–H and O–H groups in total. The van der Waals surface area contributed by atoms with Gasteiger partial charge in [0.1, 0.15) is 6.10 Å². The van der Waals surface area contributed by atoms with Crippen molar-refractivity contribution in [1.29, 1.82) is 0 Å². The maximum atomic E-state index is 10.6. The van der Waals surface area contributed by atoms with Gasteiger partial charge in [0.15, 0.2) is 0 Å². The van der Waals surface area contributed by atoms with Crippen molar-refractivity contribution in [2.75, 3.05) is 19.8 Å². The second kappa shape index (κ2) is 4.76. The third-order valence-corrected chi connectivity index (χ3v) is 3.79. The minimum Gasteiger partial charge on any atom is -0.386 e. The molecule has 0 aliphatic carbocycles. The maximum Gasteiger partial charge on any atom is 0.103 e. The maximum absolute atomic E-state index is 10.6. The van der Waals surface area contributed by atoms with Gasteiger partial charge in [-0.3, -0.25) is 4.68 Å². The van der Waals surface area contributed by atoms with E-state index in [4.69, 9.17) is 10.5 Å². The fourth-order valence-electron chi connectivity index (χ4n) is 2.57. The van der Waals surface area contributed by atoms with E-state index < -0.39 is 6.10 Å². The van der Waals surface area contributed by atoms with Gasteiger partial charge in [0.05, 0.1) is 11.4 Å². The Morgan fingerprint density at radius 2 is 2.24 bits per heavy atom. The van der Waals surface area contributed by atoms with Crippen molar-refractivity contribution in [1.82, 2.24) is 9.78 Å². The minimum atomic E-state index is -0.567. The van der Waals surface area contributed by atoms with Crippen LogP contribution in [-0.2, 0) is 11.8 Å². The number of nitrogens with zero attached hydrogens (tertiary/aromatic N) is 2. The Morgan fingerprint density at radius 1 is 1.59 bits per heavy atom. The summed E-state index contributed by atoms with van der Waals surface area (Å²) in [5.74, 6) is 0. The van der Waals surface area contributed by atoms with E-state index in [1.165, 1.54) is 0 Å². The zero-order chi connectivity index (χ0) is 12.5. The third kappa shape index (κ3) is 2.22.